The van der Waals surface area contributed by atoms with E-state index in [0.717, 1.165) is 53.9 Å². The number of nitrogens with one attached hydrogen (secondary N) is 5. The van der Waals surface area contributed by atoms with Crippen LogP contribution in [0.3, 0.4) is 0 Å². The number of morpholine rings is 1. The Kier molecular flexibility index (Phi) is 13.6. The zero-order chi connectivity index (χ0) is 39.8. The Morgan fingerprint density at radius 2 is 1.39 bits per heavy atom. The summed E-state index contributed by atoms with van der Waals surface area (Å²) >= 11 is 0. The second-order valence-corrected chi connectivity index (χ2v) is 15.7. The van der Waals surface area contributed by atoms with Gasteiger partial charge in [0.2, 0.25) is 29.5 Å². The number of benzene rings is 2. The molecule has 1 aromatic heterocycles. The number of imidazole rings is 1. The van der Waals surface area contributed by atoms with Gasteiger partial charge in [-0.1, -0.05) is 64.1 Å². The first kappa shape index (κ1) is 40.6. The van der Waals surface area contributed by atoms with Crippen LogP contribution in [0.15, 0.2) is 54.7 Å². The van der Waals surface area contributed by atoms with E-state index in [2.05, 4.69) is 31.2 Å². The molecular weight excluding hydrogens is 715 g/mol. The minimum atomic E-state index is -0.811. The second-order valence-electron chi connectivity index (χ2n) is 15.7. The van der Waals surface area contributed by atoms with Crippen LogP contribution in [0.1, 0.15) is 59.2 Å². The van der Waals surface area contributed by atoms with Gasteiger partial charge < -0.3 is 40.6 Å². The maximum Gasteiger partial charge on any atom is 0.249 e. The molecule has 14 nitrogen and oxygen atoms in total. The predicted octanol–water partition coefficient (Wildman–Crippen LogP) is 3.69. The van der Waals surface area contributed by atoms with Crippen molar-refractivity contribution in [1.82, 2.24) is 30.8 Å². The van der Waals surface area contributed by atoms with Crippen molar-refractivity contribution in [3.8, 4) is 22.4 Å². The molecule has 3 fully saturated rings. The second kappa shape index (κ2) is 18.7. The van der Waals surface area contributed by atoms with E-state index in [9.17, 15) is 24.0 Å². The molecular formula is C42H55N7O7. The summed E-state index contributed by atoms with van der Waals surface area (Å²) in [6.45, 7) is 9.45. The summed E-state index contributed by atoms with van der Waals surface area (Å²) in [5.41, 5.74) is 4.44. The molecule has 5 amide bonds. The fourth-order valence-electron chi connectivity index (χ4n) is 6.62. The Labute approximate surface area is 328 Å². The molecule has 1 saturated heterocycles. The molecule has 1 aliphatic heterocycles. The lowest BCUT2D eigenvalue weighted by atomic mass is 10.0. The van der Waals surface area contributed by atoms with Crippen molar-refractivity contribution in [3.63, 3.8) is 0 Å². The van der Waals surface area contributed by atoms with Crippen LogP contribution in [0.2, 0.25) is 0 Å². The van der Waals surface area contributed by atoms with Crippen molar-refractivity contribution in [2.45, 2.75) is 77.9 Å². The number of carbonyl (C=O) groups is 5. The molecule has 0 radical (unpaired) electrons. The maximum atomic E-state index is 13.6. The number of hydrogen-bond acceptors (Lipinski definition) is 8. The number of nitrogens with zero attached hydrogens (tertiary/aromatic N) is 2. The van der Waals surface area contributed by atoms with Gasteiger partial charge in [-0.2, -0.15) is 0 Å². The summed E-state index contributed by atoms with van der Waals surface area (Å²) in [5.74, 6) is -0.244. The Balaban J connectivity index is 0.945. The van der Waals surface area contributed by atoms with Crippen molar-refractivity contribution in [3.05, 3.63) is 60.6 Å². The Bertz CT molecular complexity index is 1830. The SMILES string of the molecule is CC(C)C(NC(=O)C1CC1)C(=O)NCCOCCc1ncc(-c2ccc(-c3ccc(NC(=O)C4COCCN4C(=O)C(NC(=O)C4CC4)C(C)C)cc3)cc2)[nH]1. The van der Waals surface area contributed by atoms with E-state index in [1.165, 1.54) is 4.90 Å². The number of H-pyrrole nitrogens is 1. The quantitative estimate of drug-likeness (QED) is 0.121. The lowest BCUT2D eigenvalue weighted by Gasteiger charge is -2.37. The van der Waals surface area contributed by atoms with E-state index in [-0.39, 0.29) is 66.4 Å². The molecule has 2 heterocycles. The van der Waals surface area contributed by atoms with E-state index in [4.69, 9.17) is 9.47 Å². The van der Waals surface area contributed by atoms with Crippen molar-refractivity contribution in [2.75, 3.05) is 44.8 Å². The average Bonchev–Trinajstić information content (AvgIpc) is 4.15. The summed E-state index contributed by atoms with van der Waals surface area (Å²) in [4.78, 5) is 73.7. The molecule has 3 unspecified atom stereocenters. The van der Waals surface area contributed by atoms with Gasteiger partial charge in [-0.3, -0.25) is 24.0 Å². The summed E-state index contributed by atoms with van der Waals surface area (Å²) in [6, 6.07) is 13.6. The predicted molar refractivity (Wildman–Crippen MR) is 211 cm³/mol. The molecule has 5 N–H and O–H groups in total. The van der Waals surface area contributed by atoms with Crippen LogP contribution in [-0.2, 0) is 39.9 Å². The standard InChI is InChI=1S/C42H55N7O7/c1-25(2)36(47-38(50)30-9-10-30)41(53)43-18-21-55-20-17-35-44-23-33(46-35)29-7-5-27(6-8-29)28-13-15-32(16-14-28)45-40(52)34-24-56-22-19-49(34)42(54)37(26(3)4)48-39(51)31-11-12-31/h5-8,13-16,23,25-26,30-31,34,36-37H,9-12,17-22,24H2,1-4H3,(H,43,53)(H,44,46)(H,45,52)(H,47,50)(H,48,51). The Morgan fingerprint density at radius 3 is 2.00 bits per heavy atom. The zero-order valence-corrected chi connectivity index (χ0v) is 32.8. The van der Waals surface area contributed by atoms with E-state index < -0.39 is 18.1 Å². The van der Waals surface area contributed by atoms with E-state index in [0.29, 0.717) is 38.5 Å². The normalized spacial score (nSPS) is 18.0. The number of anilines is 1. The molecule has 2 saturated carbocycles. The molecule has 300 valence electrons. The van der Waals surface area contributed by atoms with Crippen LogP contribution in [0.25, 0.3) is 22.4 Å². The number of ether oxygens (including phenoxy) is 2. The molecule has 14 heteroatoms. The number of aromatic nitrogens is 2. The van der Waals surface area contributed by atoms with E-state index in [1.54, 1.807) is 6.20 Å². The summed E-state index contributed by atoms with van der Waals surface area (Å²) < 4.78 is 11.3. The highest BCUT2D eigenvalue weighted by atomic mass is 16.5. The first-order valence-electron chi connectivity index (χ1n) is 19.9. The summed E-state index contributed by atoms with van der Waals surface area (Å²) in [7, 11) is 0. The lowest BCUT2D eigenvalue weighted by molar-refractivity contribution is -0.150. The van der Waals surface area contributed by atoms with Gasteiger partial charge in [-0.25, -0.2) is 4.98 Å². The zero-order valence-electron chi connectivity index (χ0n) is 32.8. The van der Waals surface area contributed by atoms with Gasteiger partial charge in [-0.15, -0.1) is 0 Å². The summed E-state index contributed by atoms with van der Waals surface area (Å²) in [6.07, 6.45) is 5.86. The molecule has 2 aliphatic carbocycles. The van der Waals surface area contributed by atoms with E-state index >= 15 is 0 Å². The van der Waals surface area contributed by atoms with Crippen LogP contribution in [-0.4, -0.2) is 102 Å². The average molecular weight is 770 g/mol. The van der Waals surface area contributed by atoms with Gasteiger partial charge >= 0.3 is 0 Å². The molecule has 2 aromatic carbocycles. The fourth-order valence-corrected chi connectivity index (χ4v) is 6.62. The highest BCUT2D eigenvalue weighted by Gasteiger charge is 2.40. The third-order valence-corrected chi connectivity index (χ3v) is 10.4. The van der Waals surface area contributed by atoms with Gasteiger partial charge in [0.15, 0.2) is 0 Å². The van der Waals surface area contributed by atoms with Crippen molar-refractivity contribution in [1.29, 1.82) is 0 Å². The van der Waals surface area contributed by atoms with Crippen molar-refractivity contribution >= 4 is 35.2 Å². The largest absolute Gasteiger partial charge is 0.379 e. The Morgan fingerprint density at radius 1 is 0.804 bits per heavy atom. The number of amides is 5. The molecule has 56 heavy (non-hydrogen) atoms. The smallest absolute Gasteiger partial charge is 0.249 e. The van der Waals surface area contributed by atoms with Gasteiger partial charge in [0.1, 0.15) is 23.9 Å². The molecule has 0 spiro atoms. The first-order chi connectivity index (χ1) is 27.0. The van der Waals surface area contributed by atoms with Crippen LogP contribution in [0, 0.1) is 23.7 Å². The van der Waals surface area contributed by atoms with Gasteiger partial charge in [0.25, 0.3) is 0 Å². The van der Waals surface area contributed by atoms with Crippen molar-refractivity contribution < 1.29 is 33.4 Å². The minimum absolute atomic E-state index is 0.00940. The van der Waals surface area contributed by atoms with E-state index in [1.807, 2.05) is 76.2 Å². The molecule has 0 bridgehead atoms. The van der Waals surface area contributed by atoms with Crippen molar-refractivity contribution in [2.24, 2.45) is 23.7 Å². The topological polar surface area (TPSA) is 184 Å². The molecule has 3 atom stereocenters. The molecule has 3 aliphatic rings. The van der Waals surface area contributed by atoms with Crippen LogP contribution in [0.5, 0.6) is 0 Å². The van der Waals surface area contributed by atoms with Crippen LogP contribution >= 0.6 is 0 Å². The highest BCUT2D eigenvalue weighted by Crippen LogP contribution is 2.30. The number of rotatable bonds is 18. The molecule has 6 rings (SSSR count). The fraction of sp³-hybridized carbons (Fsp3) is 0.524. The van der Waals surface area contributed by atoms with Gasteiger partial charge in [0.05, 0.1) is 38.3 Å². The number of hydrogen-bond donors (Lipinski definition) is 5. The summed E-state index contributed by atoms with van der Waals surface area (Å²) in [5, 5.41) is 11.6. The third kappa shape index (κ3) is 10.8. The van der Waals surface area contributed by atoms with Crippen LogP contribution in [0.4, 0.5) is 5.69 Å². The van der Waals surface area contributed by atoms with Crippen LogP contribution < -0.4 is 21.3 Å². The van der Waals surface area contributed by atoms with Gasteiger partial charge in [0, 0.05) is 37.0 Å². The Hall–Kier alpha value is -5.08. The third-order valence-electron chi connectivity index (χ3n) is 10.4. The monoisotopic (exact) mass is 769 g/mol. The highest BCUT2D eigenvalue weighted by molar-refractivity contribution is 5.99. The van der Waals surface area contributed by atoms with Gasteiger partial charge in [-0.05, 0) is 66.3 Å². The maximum absolute atomic E-state index is 13.6. The number of aromatic amines is 1. The minimum Gasteiger partial charge on any atom is -0.379 e. The lowest BCUT2D eigenvalue weighted by Crippen LogP contribution is -2.60. The molecule has 3 aromatic rings. The number of carbonyl (C=O) groups excluding carboxylic acids is 5. The first-order valence-corrected chi connectivity index (χ1v) is 19.9.